The number of hydrogen-bond acceptors (Lipinski definition) is 9. The minimum absolute atomic E-state index is 0.0584. The van der Waals surface area contributed by atoms with Gasteiger partial charge < -0.3 is 34.2 Å². The minimum Gasteiger partial charge on any atom is -0.369 e. The van der Waals surface area contributed by atoms with E-state index in [0.717, 1.165) is 37.5 Å². The second kappa shape index (κ2) is 12.7. The fourth-order valence-corrected chi connectivity index (χ4v) is 7.17. The van der Waals surface area contributed by atoms with Crippen molar-refractivity contribution in [2.24, 2.45) is 11.8 Å². The van der Waals surface area contributed by atoms with Crippen molar-refractivity contribution >= 4 is 39.9 Å². The largest absolute Gasteiger partial charge is 0.369 e. The molecule has 0 radical (unpaired) electrons. The average Bonchev–Trinajstić information content (AvgIpc) is 3.66. The first kappa shape index (κ1) is 31.1. The highest BCUT2D eigenvalue weighted by Crippen LogP contribution is 2.41. The first-order valence-corrected chi connectivity index (χ1v) is 15.5. The van der Waals surface area contributed by atoms with Crippen molar-refractivity contribution in [3.05, 3.63) is 35.0 Å². The van der Waals surface area contributed by atoms with Gasteiger partial charge in [0.2, 0.25) is 16.8 Å². The molecular formula is C29H39ClFN5O5S. The summed E-state index contributed by atoms with van der Waals surface area (Å²) in [5.74, 6) is -2.12. The molecule has 4 heterocycles. The number of halogens is 2. The molecule has 10 nitrogen and oxygen atoms in total. The van der Waals surface area contributed by atoms with Crippen molar-refractivity contribution in [1.29, 1.82) is 0 Å². The van der Waals surface area contributed by atoms with Gasteiger partial charge in [0, 0.05) is 64.6 Å². The van der Waals surface area contributed by atoms with Gasteiger partial charge in [-0.05, 0) is 25.1 Å². The number of piperazine rings is 1. The number of amides is 2. The number of methoxy groups -OCH3 is 2. The van der Waals surface area contributed by atoms with Crippen LogP contribution in [0.4, 0.5) is 9.52 Å². The Hall–Kier alpha value is -2.35. The smallest absolute Gasteiger partial charge is 0.251 e. The standard InChI is InChI=1S/C29H39ClFN5O5S/c1-17(2)20(27(38)36-15-21(30)23-24(36)29(39-4,40-5)16-41-23)14-32-26(37)19-8-6-18(7-9-19)22-25(31)42-28(33-22)35-12-10-34(3)11-13-35/h6-9,17,20-21,23-24H,10-16H2,1-5H3,(H,32,37). The molecule has 0 saturated carbocycles. The van der Waals surface area contributed by atoms with Gasteiger partial charge in [0.25, 0.3) is 5.91 Å². The predicted molar refractivity (Wildman–Crippen MR) is 160 cm³/mol. The van der Waals surface area contributed by atoms with E-state index in [9.17, 15) is 14.0 Å². The van der Waals surface area contributed by atoms with Gasteiger partial charge in [0.05, 0.1) is 11.3 Å². The molecule has 0 aliphatic carbocycles. The molecule has 1 aromatic heterocycles. The molecule has 4 atom stereocenters. The number of likely N-dealkylation sites (tertiary alicyclic amines) is 1. The van der Waals surface area contributed by atoms with E-state index in [2.05, 4.69) is 27.1 Å². The first-order chi connectivity index (χ1) is 20.1. The number of hydrogen-bond donors (Lipinski definition) is 1. The van der Waals surface area contributed by atoms with Gasteiger partial charge in [-0.2, -0.15) is 4.39 Å². The van der Waals surface area contributed by atoms with E-state index < -0.39 is 29.2 Å². The number of alkyl halides is 1. The second-order valence-electron chi connectivity index (χ2n) is 11.5. The first-order valence-electron chi connectivity index (χ1n) is 14.2. The number of aromatic nitrogens is 1. The molecule has 42 heavy (non-hydrogen) atoms. The Morgan fingerprint density at radius 2 is 1.86 bits per heavy atom. The van der Waals surface area contributed by atoms with E-state index in [-0.39, 0.29) is 41.7 Å². The summed E-state index contributed by atoms with van der Waals surface area (Å²) in [5, 5.41) is 2.84. The van der Waals surface area contributed by atoms with E-state index in [4.69, 9.17) is 25.8 Å². The summed E-state index contributed by atoms with van der Waals surface area (Å²) in [6, 6.07) is 6.21. The van der Waals surface area contributed by atoms with Crippen LogP contribution in [-0.2, 0) is 19.0 Å². The normalized spacial score (nSPS) is 24.7. The number of likely N-dealkylation sites (N-methyl/N-ethyl adjacent to an activating group) is 1. The summed E-state index contributed by atoms with van der Waals surface area (Å²) >= 11 is 7.61. The second-order valence-corrected chi connectivity index (χ2v) is 13.0. The van der Waals surface area contributed by atoms with Crippen molar-refractivity contribution in [3.63, 3.8) is 0 Å². The number of anilines is 1. The summed E-state index contributed by atoms with van der Waals surface area (Å²) in [6.07, 6.45) is -0.406. The van der Waals surface area contributed by atoms with Crippen molar-refractivity contribution in [2.75, 3.05) is 72.0 Å². The molecule has 5 rings (SSSR count). The van der Waals surface area contributed by atoms with Crippen molar-refractivity contribution in [3.8, 4) is 11.3 Å². The molecule has 3 aliphatic heterocycles. The molecule has 2 aromatic rings. The lowest BCUT2D eigenvalue weighted by Crippen LogP contribution is -2.57. The van der Waals surface area contributed by atoms with Gasteiger partial charge in [-0.15, -0.1) is 11.6 Å². The topological polar surface area (TPSA) is 96.5 Å². The molecule has 0 spiro atoms. The van der Waals surface area contributed by atoms with Crippen LogP contribution in [0.1, 0.15) is 24.2 Å². The monoisotopic (exact) mass is 623 g/mol. The number of carbonyl (C=O) groups is 2. The highest BCUT2D eigenvalue weighted by atomic mass is 35.5. The number of rotatable bonds is 9. The maximum atomic E-state index is 14.8. The Balaban J connectivity index is 1.24. The molecule has 3 fully saturated rings. The summed E-state index contributed by atoms with van der Waals surface area (Å²) in [4.78, 5) is 37.5. The molecule has 230 valence electrons. The summed E-state index contributed by atoms with van der Waals surface area (Å²) in [5.41, 5.74) is 1.30. The van der Waals surface area contributed by atoms with Gasteiger partial charge in [0.1, 0.15) is 24.4 Å². The minimum atomic E-state index is -1.10. The van der Waals surface area contributed by atoms with Crippen LogP contribution in [-0.4, -0.2) is 117 Å². The molecule has 1 N–H and O–H groups in total. The molecule has 1 aromatic carbocycles. The van der Waals surface area contributed by atoms with Crippen LogP contribution in [0.15, 0.2) is 24.3 Å². The Labute approximate surface area is 255 Å². The number of ether oxygens (including phenoxy) is 3. The van der Waals surface area contributed by atoms with Crippen LogP contribution < -0.4 is 10.2 Å². The van der Waals surface area contributed by atoms with Crippen LogP contribution in [0, 0.1) is 17.0 Å². The van der Waals surface area contributed by atoms with Crippen LogP contribution in [0.25, 0.3) is 11.3 Å². The number of benzene rings is 1. The van der Waals surface area contributed by atoms with Gasteiger partial charge in [0.15, 0.2) is 5.13 Å². The van der Waals surface area contributed by atoms with Crippen LogP contribution in [0.2, 0.25) is 0 Å². The summed E-state index contributed by atoms with van der Waals surface area (Å²) < 4.78 is 32.1. The van der Waals surface area contributed by atoms with Crippen LogP contribution in [0.5, 0.6) is 0 Å². The highest BCUT2D eigenvalue weighted by Gasteiger charge is 2.61. The molecule has 13 heteroatoms. The molecule has 2 amide bonds. The SMILES string of the molecule is COC1(OC)COC2C(Cl)CN(C(=O)C(CNC(=O)c3ccc(-c4nc(N5CCN(C)CC5)sc4F)cc3)C(C)C)C21. The number of nitrogens with zero attached hydrogens (tertiary/aromatic N) is 4. The Bertz CT molecular complexity index is 1270. The van der Waals surface area contributed by atoms with E-state index in [0.29, 0.717) is 22.8 Å². The zero-order valence-electron chi connectivity index (χ0n) is 24.6. The van der Waals surface area contributed by atoms with E-state index >= 15 is 0 Å². The third-order valence-corrected chi connectivity index (χ3v) is 9.94. The number of nitrogens with one attached hydrogen (secondary N) is 1. The molecule has 0 bridgehead atoms. The van der Waals surface area contributed by atoms with Crippen molar-refractivity contribution in [2.45, 2.75) is 37.2 Å². The Kier molecular flexibility index (Phi) is 9.41. The van der Waals surface area contributed by atoms with E-state index in [1.165, 1.54) is 14.2 Å². The number of carbonyl (C=O) groups excluding carboxylic acids is 2. The van der Waals surface area contributed by atoms with Crippen molar-refractivity contribution < 1.29 is 28.2 Å². The quantitative estimate of drug-likeness (QED) is 0.337. The third kappa shape index (κ3) is 5.89. The van der Waals surface area contributed by atoms with Gasteiger partial charge >= 0.3 is 0 Å². The van der Waals surface area contributed by atoms with Gasteiger partial charge in [-0.1, -0.05) is 37.3 Å². The Morgan fingerprint density at radius 3 is 2.48 bits per heavy atom. The zero-order chi connectivity index (χ0) is 30.2. The highest BCUT2D eigenvalue weighted by molar-refractivity contribution is 7.14. The number of fused-ring (bicyclic) bond motifs is 1. The van der Waals surface area contributed by atoms with Crippen LogP contribution in [0.3, 0.4) is 0 Å². The third-order valence-electron chi connectivity index (χ3n) is 8.65. The van der Waals surface area contributed by atoms with Gasteiger partial charge in [-0.3, -0.25) is 9.59 Å². The predicted octanol–water partition coefficient (Wildman–Crippen LogP) is 2.91. The average molecular weight is 624 g/mol. The lowest BCUT2D eigenvalue weighted by Gasteiger charge is -2.37. The lowest BCUT2D eigenvalue weighted by atomic mass is 9.93. The maximum Gasteiger partial charge on any atom is 0.251 e. The fraction of sp³-hybridized carbons (Fsp3) is 0.621. The summed E-state index contributed by atoms with van der Waals surface area (Å²) in [7, 11) is 5.13. The molecule has 4 unspecified atom stereocenters. The van der Waals surface area contributed by atoms with Crippen LogP contribution >= 0.6 is 22.9 Å². The Morgan fingerprint density at radius 1 is 1.19 bits per heavy atom. The molecule has 3 saturated heterocycles. The van der Waals surface area contributed by atoms with E-state index in [1.54, 1.807) is 29.2 Å². The maximum absolute atomic E-state index is 14.8. The van der Waals surface area contributed by atoms with Crippen molar-refractivity contribution in [1.82, 2.24) is 20.1 Å². The molecule has 3 aliphatic rings. The zero-order valence-corrected chi connectivity index (χ0v) is 26.2. The molecular weight excluding hydrogens is 585 g/mol. The fourth-order valence-electron chi connectivity index (χ4n) is 5.94. The van der Waals surface area contributed by atoms with Gasteiger partial charge in [-0.25, -0.2) is 4.98 Å². The number of thiazole rings is 1. The lowest BCUT2D eigenvalue weighted by molar-refractivity contribution is -0.227. The summed E-state index contributed by atoms with van der Waals surface area (Å²) in [6.45, 7) is 7.92. The van der Waals surface area contributed by atoms with E-state index in [1.807, 2.05) is 13.8 Å².